The maximum absolute atomic E-state index is 4.30. The van der Waals surface area contributed by atoms with Gasteiger partial charge in [-0.1, -0.05) is 18.2 Å². The molecule has 122 valence electrons. The van der Waals surface area contributed by atoms with Gasteiger partial charge in [0.05, 0.1) is 18.1 Å². The lowest BCUT2D eigenvalue weighted by molar-refractivity contribution is 0.0551. The van der Waals surface area contributed by atoms with Gasteiger partial charge in [0.1, 0.15) is 0 Å². The Morgan fingerprint density at radius 1 is 1.04 bits per heavy atom. The first kappa shape index (κ1) is 14.8. The molecule has 3 heterocycles. The first-order valence-electron chi connectivity index (χ1n) is 8.72. The molecule has 1 aromatic carbocycles. The average Bonchev–Trinajstić information content (AvgIpc) is 3.10. The molecule has 1 spiro atoms. The molecule has 0 atom stereocenters. The van der Waals surface area contributed by atoms with Gasteiger partial charge in [0.15, 0.2) is 0 Å². The second-order valence-electron chi connectivity index (χ2n) is 7.01. The third kappa shape index (κ3) is 3.16. The van der Waals surface area contributed by atoms with Crippen LogP contribution in [0.4, 0.5) is 0 Å². The molecule has 5 heteroatoms. The summed E-state index contributed by atoms with van der Waals surface area (Å²) in [5, 5.41) is 12.1. The Morgan fingerprint density at radius 2 is 1.83 bits per heavy atom. The van der Waals surface area contributed by atoms with Crippen LogP contribution in [-0.2, 0) is 6.54 Å². The molecular formula is C18H25N5. The number of nitrogens with one attached hydrogen (secondary N) is 1. The van der Waals surface area contributed by atoms with E-state index in [0.29, 0.717) is 5.41 Å². The number of hydrogen-bond donors (Lipinski definition) is 1. The number of aromatic nitrogens is 3. The highest BCUT2D eigenvalue weighted by atomic mass is 15.5. The van der Waals surface area contributed by atoms with E-state index in [4.69, 9.17) is 0 Å². The minimum atomic E-state index is 0.544. The summed E-state index contributed by atoms with van der Waals surface area (Å²) >= 11 is 0. The van der Waals surface area contributed by atoms with Crippen molar-refractivity contribution in [1.29, 1.82) is 0 Å². The maximum atomic E-state index is 4.30. The van der Waals surface area contributed by atoms with Crippen LogP contribution in [0.2, 0.25) is 0 Å². The molecule has 1 N–H and O–H groups in total. The first-order chi connectivity index (χ1) is 11.3. The van der Waals surface area contributed by atoms with Crippen molar-refractivity contribution in [2.45, 2.75) is 32.2 Å². The summed E-state index contributed by atoms with van der Waals surface area (Å²) < 4.78 is 0. The molecule has 0 aliphatic carbocycles. The molecule has 0 radical (unpaired) electrons. The van der Waals surface area contributed by atoms with Crippen LogP contribution in [-0.4, -0.2) is 46.1 Å². The Labute approximate surface area is 137 Å². The van der Waals surface area contributed by atoms with Crippen LogP contribution in [0, 0.1) is 5.41 Å². The van der Waals surface area contributed by atoms with Crippen molar-refractivity contribution < 1.29 is 0 Å². The van der Waals surface area contributed by atoms with E-state index in [1.807, 2.05) is 0 Å². The summed E-state index contributed by atoms with van der Waals surface area (Å²) in [7, 11) is 0. The molecule has 2 aromatic rings. The van der Waals surface area contributed by atoms with Gasteiger partial charge in [0.25, 0.3) is 0 Å². The van der Waals surface area contributed by atoms with Crippen LogP contribution < -0.4 is 5.32 Å². The van der Waals surface area contributed by atoms with Gasteiger partial charge in [-0.05, 0) is 62.4 Å². The van der Waals surface area contributed by atoms with E-state index in [1.54, 1.807) is 17.2 Å². The fourth-order valence-electron chi connectivity index (χ4n) is 4.23. The molecular weight excluding hydrogens is 286 g/mol. The molecule has 2 fully saturated rings. The van der Waals surface area contributed by atoms with Crippen molar-refractivity contribution in [3.8, 4) is 5.69 Å². The quantitative estimate of drug-likeness (QED) is 0.944. The zero-order chi connectivity index (χ0) is 15.5. The SMILES string of the molecule is c1ccc(-n2nccn2)c(CN2CCCC3(CCNCC3)C2)c1. The van der Waals surface area contributed by atoms with E-state index in [1.165, 1.54) is 57.4 Å². The predicted molar refractivity (Wildman–Crippen MR) is 90.4 cm³/mol. The largest absolute Gasteiger partial charge is 0.317 e. The topological polar surface area (TPSA) is 46.0 Å². The number of benzene rings is 1. The molecule has 0 amide bonds. The lowest BCUT2D eigenvalue weighted by atomic mass is 9.73. The van der Waals surface area contributed by atoms with Crippen LogP contribution in [0.5, 0.6) is 0 Å². The molecule has 2 aliphatic heterocycles. The minimum absolute atomic E-state index is 0.544. The second-order valence-corrected chi connectivity index (χ2v) is 7.01. The highest BCUT2D eigenvalue weighted by molar-refractivity contribution is 5.39. The van der Waals surface area contributed by atoms with Gasteiger partial charge >= 0.3 is 0 Å². The van der Waals surface area contributed by atoms with Crippen LogP contribution >= 0.6 is 0 Å². The smallest absolute Gasteiger partial charge is 0.0901 e. The van der Waals surface area contributed by atoms with Crippen molar-refractivity contribution in [3.63, 3.8) is 0 Å². The predicted octanol–water partition coefficient (Wildman–Crippen LogP) is 2.23. The molecule has 4 rings (SSSR count). The first-order valence-corrected chi connectivity index (χ1v) is 8.72. The minimum Gasteiger partial charge on any atom is -0.317 e. The van der Waals surface area contributed by atoms with Crippen LogP contribution in [0.25, 0.3) is 5.69 Å². The monoisotopic (exact) mass is 311 g/mol. The summed E-state index contributed by atoms with van der Waals surface area (Å²) in [5.41, 5.74) is 2.96. The van der Waals surface area contributed by atoms with Gasteiger partial charge in [0, 0.05) is 13.1 Å². The van der Waals surface area contributed by atoms with Crippen LogP contribution in [0.1, 0.15) is 31.2 Å². The molecule has 0 saturated carbocycles. The standard InChI is InChI=1S/C18H25N5/c1-2-5-17(23-20-11-12-21-23)16(4-1)14-22-13-3-6-18(15-22)7-9-19-10-8-18/h1-2,4-5,11-12,19H,3,6-10,13-15H2. The van der Waals surface area contributed by atoms with Crippen LogP contribution in [0.15, 0.2) is 36.7 Å². The van der Waals surface area contributed by atoms with Gasteiger partial charge in [-0.25, -0.2) is 0 Å². The molecule has 0 unspecified atom stereocenters. The van der Waals surface area contributed by atoms with Crippen molar-refractivity contribution in [2.75, 3.05) is 26.2 Å². The fraction of sp³-hybridized carbons (Fsp3) is 0.556. The number of nitrogens with zero attached hydrogens (tertiary/aromatic N) is 4. The highest BCUT2D eigenvalue weighted by Gasteiger charge is 2.36. The molecule has 2 saturated heterocycles. The maximum Gasteiger partial charge on any atom is 0.0901 e. The van der Waals surface area contributed by atoms with Crippen molar-refractivity contribution in [3.05, 3.63) is 42.2 Å². The van der Waals surface area contributed by atoms with Gasteiger partial charge in [-0.2, -0.15) is 15.0 Å². The van der Waals surface area contributed by atoms with E-state index in [0.717, 1.165) is 12.2 Å². The summed E-state index contributed by atoms with van der Waals surface area (Å²) in [6, 6.07) is 8.50. The molecule has 2 aliphatic rings. The number of para-hydroxylation sites is 1. The van der Waals surface area contributed by atoms with E-state index in [2.05, 4.69) is 44.7 Å². The summed E-state index contributed by atoms with van der Waals surface area (Å²) in [5.74, 6) is 0. The average molecular weight is 311 g/mol. The Morgan fingerprint density at radius 3 is 2.65 bits per heavy atom. The number of rotatable bonds is 3. The third-order valence-electron chi connectivity index (χ3n) is 5.42. The van der Waals surface area contributed by atoms with Crippen molar-refractivity contribution in [2.24, 2.45) is 5.41 Å². The van der Waals surface area contributed by atoms with Gasteiger partial charge in [-0.15, -0.1) is 0 Å². The second kappa shape index (κ2) is 6.42. The van der Waals surface area contributed by atoms with E-state index in [-0.39, 0.29) is 0 Å². The molecule has 5 nitrogen and oxygen atoms in total. The summed E-state index contributed by atoms with van der Waals surface area (Å²) in [6.45, 7) is 5.79. The van der Waals surface area contributed by atoms with Gasteiger partial charge in [-0.3, -0.25) is 4.90 Å². The van der Waals surface area contributed by atoms with Gasteiger partial charge < -0.3 is 5.32 Å². The summed E-state index contributed by atoms with van der Waals surface area (Å²) in [4.78, 5) is 4.37. The Hall–Kier alpha value is -1.72. The highest BCUT2D eigenvalue weighted by Crippen LogP contribution is 2.38. The molecule has 0 bridgehead atoms. The van der Waals surface area contributed by atoms with Crippen molar-refractivity contribution >= 4 is 0 Å². The normalized spacial score (nSPS) is 21.6. The number of likely N-dealkylation sites (tertiary alicyclic amines) is 1. The van der Waals surface area contributed by atoms with Gasteiger partial charge in [0.2, 0.25) is 0 Å². The van der Waals surface area contributed by atoms with E-state index >= 15 is 0 Å². The van der Waals surface area contributed by atoms with E-state index in [9.17, 15) is 0 Å². The Bertz CT molecular complexity index is 625. The zero-order valence-electron chi connectivity index (χ0n) is 13.6. The fourth-order valence-corrected chi connectivity index (χ4v) is 4.23. The van der Waals surface area contributed by atoms with Crippen molar-refractivity contribution in [1.82, 2.24) is 25.2 Å². The number of hydrogen-bond acceptors (Lipinski definition) is 4. The zero-order valence-corrected chi connectivity index (χ0v) is 13.6. The molecule has 23 heavy (non-hydrogen) atoms. The van der Waals surface area contributed by atoms with Crippen LogP contribution in [0.3, 0.4) is 0 Å². The summed E-state index contributed by atoms with van der Waals surface area (Å²) in [6.07, 6.45) is 8.84. The molecule has 1 aromatic heterocycles. The Balaban J connectivity index is 1.52. The lowest BCUT2D eigenvalue weighted by Crippen LogP contribution is -2.48. The third-order valence-corrected chi connectivity index (χ3v) is 5.42. The van der Waals surface area contributed by atoms with E-state index < -0.39 is 0 Å². The lowest BCUT2D eigenvalue weighted by Gasteiger charge is -2.45. The Kier molecular flexibility index (Phi) is 4.14. The number of piperidine rings is 2.